The monoisotopic (exact) mass is 343 g/mol. The van der Waals surface area contributed by atoms with Gasteiger partial charge in [0, 0.05) is 6.20 Å². The van der Waals surface area contributed by atoms with Gasteiger partial charge in [-0.15, -0.1) is 0 Å². The molecule has 0 aliphatic carbocycles. The van der Waals surface area contributed by atoms with Gasteiger partial charge in [0.2, 0.25) is 0 Å². The lowest BCUT2D eigenvalue weighted by Crippen LogP contribution is -2.13. The number of nitrogens with zero attached hydrogens (tertiary/aromatic N) is 1. The van der Waals surface area contributed by atoms with E-state index >= 15 is 0 Å². The lowest BCUT2D eigenvalue weighted by atomic mass is 10.2. The van der Waals surface area contributed by atoms with Crippen molar-refractivity contribution in [1.82, 2.24) is 4.98 Å². The van der Waals surface area contributed by atoms with Crippen LogP contribution < -0.4 is 4.72 Å². The van der Waals surface area contributed by atoms with Gasteiger partial charge in [0.1, 0.15) is 10.7 Å². The standard InChI is InChI=1S/C11H7BrFN3O2S/c12-11-4-8(6-15-11)19(17,18)16-10-2-1-7(5-14)3-9(10)13/h1-4,6,15-16H. The number of rotatable bonds is 3. The molecule has 2 N–H and O–H groups in total. The smallest absolute Gasteiger partial charge is 0.263 e. The van der Waals surface area contributed by atoms with Crippen molar-refractivity contribution in [2.24, 2.45) is 0 Å². The van der Waals surface area contributed by atoms with Crippen LogP contribution in [0.4, 0.5) is 10.1 Å². The van der Waals surface area contributed by atoms with Gasteiger partial charge in [-0.25, -0.2) is 12.8 Å². The Morgan fingerprint density at radius 1 is 1.37 bits per heavy atom. The third-order valence-electron chi connectivity index (χ3n) is 2.27. The average Bonchev–Trinajstić information content (AvgIpc) is 2.79. The summed E-state index contributed by atoms with van der Waals surface area (Å²) in [4.78, 5) is 2.63. The Hall–Kier alpha value is -1.85. The van der Waals surface area contributed by atoms with Crippen LogP contribution >= 0.6 is 15.9 Å². The summed E-state index contributed by atoms with van der Waals surface area (Å²) in [5.41, 5.74) is -0.0961. The van der Waals surface area contributed by atoms with Crippen LogP contribution in [0.3, 0.4) is 0 Å². The number of anilines is 1. The Balaban J connectivity index is 2.34. The lowest BCUT2D eigenvalue weighted by molar-refractivity contribution is 0.598. The van der Waals surface area contributed by atoms with Crippen molar-refractivity contribution in [2.45, 2.75) is 4.90 Å². The fraction of sp³-hybridized carbons (Fsp3) is 0. The Kier molecular flexibility index (Phi) is 3.59. The first-order valence-electron chi connectivity index (χ1n) is 4.99. The number of hydrogen-bond donors (Lipinski definition) is 2. The molecule has 19 heavy (non-hydrogen) atoms. The Bertz CT molecular complexity index is 764. The van der Waals surface area contributed by atoms with Crippen LogP contribution in [-0.4, -0.2) is 13.4 Å². The zero-order chi connectivity index (χ0) is 14.0. The van der Waals surface area contributed by atoms with Crippen molar-refractivity contribution >= 4 is 31.6 Å². The molecule has 0 amide bonds. The summed E-state index contributed by atoms with van der Waals surface area (Å²) in [6.45, 7) is 0. The molecule has 0 saturated carbocycles. The van der Waals surface area contributed by atoms with E-state index in [1.807, 2.05) is 0 Å². The van der Waals surface area contributed by atoms with Gasteiger partial charge in [-0.1, -0.05) is 0 Å². The molecule has 0 aliphatic rings. The second-order valence-electron chi connectivity index (χ2n) is 3.60. The molecule has 2 rings (SSSR count). The van der Waals surface area contributed by atoms with E-state index in [1.165, 1.54) is 24.4 Å². The van der Waals surface area contributed by atoms with E-state index in [0.717, 1.165) is 6.07 Å². The van der Waals surface area contributed by atoms with E-state index in [1.54, 1.807) is 6.07 Å². The first kappa shape index (κ1) is 13.6. The molecule has 1 heterocycles. The zero-order valence-electron chi connectivity index (χ0n) is 9.31. The second kappa shape index (κ2) is 5.03. The number of benzene rings is 1. The molecule has 8 heteroatoms. The first-order chi connectivity index (χ1) is 8.92. The largest absolute Gasteiger partial charge is 0.355 e. The van der Waals surface area contributed by atoms with Gasteiger partial charge in [-0.2, -0.15) is 5.26 Å². The van der Waals surface area contributed by atoms with Gasteiger partial charge in [0.25, 0.3) is 10.0 Å². The zero-order valence-corrected chi connectivity index (χ0v) is 11.7. The average molecular weight is 344 g/mol. The molecule has 0 fully saturated rings. The van der Waals surface area contributed by atoms with Crippen molar-refractivity contribution in [3.8, 4) is 6.07 Å². The van der Waals surface area contributed by atoms with E-state index in [-0.39, 0.29) is 16.1 Å². The summed E-state index contributed by atoms with van der Waals surface area (Å²) in [5.74, 6) is -0.808. The van der Waals surface area contributed by atoms with E-state index in [0.29, 0.717) is 4.60 Å². The van der Waals surface area contributed by atoms with Crippen molar-refractivity contribution in [3.63, 3.8) is 0 Å². The summed E-state index contributed by atoms with van der Waals surface area (Å²) >= 11 is 3.09. The van der Waals surface area contributed by atoms with Crippen LogP contribution in [0.2, 0.25) is 0 Å². The summed E-state index contributed by atoms with van der Waals surface area (Å²) in [5, 5.41) is 8.60. The number of nitriles is 1. The van der Waals surface area contributed by atoms with Gasteiger partial charge in [-0.05, 0) is 40.2 Å². The minimum Gasteiger partial charge on any atom is -0.355 e. The van der Waals surface area contributed by atoms with Gasteiger partial charge < -0.3 is 4.98 Å². The van der Waals surface area contributed by atoms with Gasteiger partial charge >= 0.3 is 0 Å². The Morgan fingerprint density at radius 2 is 2.11 bits per heavy atom. The molecule has 1 aromatic carbocycles. The topological polar surface area (TPSA) is 85.8 Å². The fourth-order valence-electron chi connectivity index (χ4n) is 1.37. The molecule has 0 spiro atoms. The van der Waals surface area contributed by atoms with E-state index in [2.05, 4.69) is 25.6 Å². The van der Waals surface area contributed by atoms with Crippen molar-refractivity contribution in [1.29, 1.82) is 5.26 Å². The molecule has 0 radical (unpaired) electrons. The lowest BCUT2D eigenvalue weighted by Gasteiger charge is -2.07. The maximum Gasteiger partial charge on any atom is 0.263 e. The molecule has 0 saturated heterocycles. The van der Waals surface area contributed by atoms with Crippen LogP contribution in [0, 0.1) is 17.1 Å². The molecule has 1 aromatic heterocycles. The van der Waals surface area contributed by atoms with Crippen LogP contribution in [0.25, 0.3) is 0 Å². The summed E-state index contributed by atoms with van der Waals surface area (Å²) < 4.78 is 40.1. The molecule has 0 aliphatic heterocycles. The highest BCUT2D eigenvalue weighted by atomic mass is 79.9. The molecule has 0 atom stereocenters. The van der Waals surface area contributed by atoms with Crippen LogP contribution in [0.1, 0.15) is 5.56 Å². The minimum atomic E-state index is -3.87. The third-order valence-corrected chi connectivity index (χ3v) is 4.08. The SMILES string of the molecule is N#Cc1ccc(NS(=O)(=O)c2c[nH]c(Br)c2)c(F)c1. The number of hydrogen-bond acceptors (Lipinski definition) is 3. The Labute approximate surface area is 117 Å². The molecule has 5 nitrogen and oxygen atoms in total. The van der Waals surface area contributed by atoms with Crippen LogP contribution in [-0.2, 0) is 10.0 Å². The molecule has 2 aromatic rings. The molecular formula is C11H7BrFN3O2S. The van der Waals surface area contributed by atoms with Gasteiger partial charge in [-0.3, -0.25) is 4.72 Å². The number of halogens is 2. The number of aromatic nitrogens is 1. The highest BCUT2D eigenvalue weighted by molar-refractivity contribution is 9.10. The first-order valence-corrected chi connectivity index (χ1v) is 7.26. The minimum absolute atomic E-state index is 0.0249. The molecular weight excluding hydrogens is 337 g/mol. The maximum atomic E-state index is 13.6. The fourth-order valence-corrected chi connectivity index (χ4v) is 2.95. The third kappa shape index (κ3) is 2.94. The van der Waals surface area contributed by atoms with Crippen LogP contribution in [0.5, 0.6) is 0 Å². The predicted molar refractivity (Wildman–Crippen MR) is 70.4 cm³/mol. The number of nitrogens with one attached hydrogen (secondary N) is 2. The highest BCUT2D eigenvalue weighted by Crippen LogP contribution is 2.21. The van der Waals surface area contributed by atoms with Crippen LogP contribution in [0.15, 0.2) is 40.0 Å². The Morgan fingerprint density at radius 3 is 2.63 bits per heavy atom. The van der Waals surface area contributed by atoms with Crippen molar-refractivity contribution in [3.05, 3.63) is 46.4 Å². The van der Waals surface area contributed by atoms with Gasteiger partial charge in [0.05, 0.1) is 21.9 Å². The molecule has 0 bridgehead atoms. The maximum absolute atomic E-state index is 13.6. The number of H-pyrrole nitrogens is 1. The summed E-state index contributed by atoms with van der Waals surface area (Å²) in [6.07, 6.45) is 1.27. The van der Waals surface area contributed by atoms with Crippen molar-refractivity contribution < 1.29 is 12.8 Å². The predicted octanol–water partition coefficient (Wildman–Crippen LogP) is 2.59. The quantitative estimate of drug-likeness (QED) is 0.897. The summed E-state index contributed by atoms with van der Waals surface area (Å²) in [7, 11) is -3.87. The number of sulfonamides is 1. The van der Waals surface area contributed by atoms with Gasteiger partial charge in [0.15, 0.2) is 0 Å². The second-order valence-corrected chi connectivity index (χ2v) is 6.13. The molecule has 98 valence electrons. The number of aromatic amines is 1. The normalized spacial score (nSPS) is 11.0. The van der Waals surface area contributed by atoms with Crippen molar-refractivity contribution in [2.75, 3.05) is 4.72 Å². The van der Waals surface area contributed by atoms with E-state index < -0.39 is 15.8 Å². The highest BCUT2D eigenvalue weighted by Gasteiger charge is 2.17. The summed E-state index contributed by atoms with van der Waals surface area (Å²) in [6, 6.07) is 6.61. The van der Waals surface area contributed by atoms with E-state index in [9.17, 15) is 12.8 Å². The molecule has 0 unspecified atom stereocenters. The van der Waals surface area contributed by atoms with E-state index in [4.69, 9.17) is 5.26 Å².